The van der Waals surface area contributed by atoms with Gasteiger partial charge in [-0.15, -0.1) is 0 Å². The van der Waals surface area contributed by atoms with Crippen LogP contribution in [0.1, 0.15) is 0 Å². The van der Waals surface area contributed by atoms with E-state index in [0.717, 1.165) is 6.33 Å². The van der Waals surface area contributed by atoms with Crippen LogP contribution in [0.5, 0.6) is 0 Å². The van der Waals surface area contributed by atoms with E-state index >= 15 is 0 Å². The first-order valence-electron chi connectivity index (χ1n) is 6.58. The molecule has 0 saturated carbocycles. The van der Waals surface area contributed by atoms with E-state index in [-0.39, 0.29) is 24.7 Å². The number of nitrogens with zero attached hydrogens (tertiary/aromatic N) is 6. The zero-order valence-corrected chi connectivity index (χ0v) is 12.9. The van der Waals surface area contributed by atoms with Crippen LogP contribution < -0.4 is 10.2 Å². The summed E-state index contributed by atoms with van der Waals surface area (Å²) in [7, 11) is 0. The van der Waals surface area contributed by atoms with E-state index in [0.29, 0.717) is 10.7 Å². The number of benzene rings is 1. The largest absolute Gasteiger partial charge is 0.353 e. The molecule has 1 aromatic heterocycles. The highest BCUT2D eigenvalue weighted by Crippen LogP contribution is 2.34. The molecule has 1 heterocycles. The van der Waals surface area contributed by atoms with E-state index in [1.807, 2.05) is 12.1 Å². The number of aromatic nitrogens is 2. The Morgan fingerprint density at radius 2 is 1.92 bits per heavy atom. The predicted molar refractivity (Wildman–Crippen MR) is 86.9 cm³/mol. The molecule has 0 spiro atoms. The first kappa shape index (κ1) is 16.9. The average Bonchev–Trinajstić information content (AvgIpc) is 2.56. The van der Waals surface area contributed by atoms with Gasteiger partial charge >= 0.3 is 5.69 Å². The van der Waals surface area contributed by atoms with Crippen molar-refractivity contribution in [2.45, 2.75) is 0 Å². The molecule has 0 radical (unpaired) electrons. The first-order chi connectivity index (χ1) is 11.6. The van der Waals surface area contributed by atoms with E-state index in [4.69, 9.17) is 22.1 Å². The lowest BCUT2D eigenvalue weighted by atomic mass is 10.3. The molecule has 0 bridgehead atoms. The van der Waals surface area contributed by atoms with Crippen molar-refractivity contribution in [3.8, 4) is 12.1 Å². The minimum absolute atomic E-state index is 0.0843. The Morgan fingerprint density at radius 1 is 1.25 bits per heavy atom. The second-order valence-corrected chi connectivity index (χ2v) is 4.84. The highest BCUT2D eigenvalue weighted by Gasteiger charge is 2.27. The summed E-state index contributed by atoms with van der Waals surface area (Å²) in [4.78, 5) is 19.8. The summed E-state index contributed by atoms with van der Waals surface area (Å²) in [6, 6.07) is 10.4. The minimum atomic E-state index is -0.670. The number of nitriles is 2. The molecule has 0 saturated heterocycles. The summed E-state index contributed by atoms with van der Waals surface area (Å²) in [6.45, 7) is -0.451. The molecule has 0 atom stereocenters. The van der Waals surface area contributed by atoms with Crippen LogP contribution in [0.15, 0.2) is 30.6 Å². The Labute approximate surface area is 141 Å². The Morgan fingerprint density at radius 3 is 2.50 bits per heavy atom. The van der Waals surface area contributed by atoms with Crippen molar-refractivity contribution in [2.24, 2.45) is 0 Å². The fraction of sp³-hybridized carbons (Fsp3) is 0.143. The fourth-order valence-corrected chi connectivity index (χ4v) is 2.11. The number of nitrogens with one attached hydrogen (secondary N) is 1. The van der Waals surface area contributed by atoms with Crippen molar-refractivity contribution in [1.29, 1.82) is 10.5 Å². The second kappa shape index (κ2) is 7.72. The van der Waals surface area contributed by atoms with Crippen molar-refractivity contribution in [3.63, 3.8) is 0 Å². The summed E-state index contributed by atoms with van der Waals surface area (Å²) in [6.07, 6.45) is 1.11. The molecule has 24 heavy (non-hydrogen) atoms. The lowest BCUT2D eigenvalue weighted by Crippen LogP contribution is -2.26. The van der Waals surface area contributed by atoms with Gasteiger partial charge in [0.25, 0.3) is 0 Å². The highest BCUT2D eigenvalue weighted by molar-refractivity contribution is 6.33. The topological polar surface area (TPSA) is 132 Å². The van der Waals surface area contributed by atoms with E-state index in [1.165, 1.54) is 4.90 Å². The molecule has 0 aliphatic carbocycles. The maximum Gasteiger partial charge on any atom is 0.353 e. The summed E-state index contributed by atoms with van der Waals surface area (Å²) < 4.78 is 0. The van der Waals surface area contributed by atoms with E-state index < -0.39 is 10.6 Å². The molecule has 2 aromatic rings. The van der Waals surface area contributed by atoms with Crippen LogP contribution in [0.25, 0.3) is 0 Å². The number of hydrogen-bond donors (Lipinski definition) is 1. The SMILES string of the molecule is N#CCN(CC#N)c1ncnc(Nc2ccccc2Cl)c1[N+](=O)[O-]. The molecular formula is C14H10ClN7O2. The van der Waals surface area contributed by atoms with Gasteiger partial charge < -0.3 is 10.2 Å². The predicted octanol–water partition coefficient (Wildman–Crippen LogP) is 2.64. The van der Waals surface area contributed by atoms with Crippen LogP contribution in [0, 0.1) is 32.8 Å². The first-order valence-corrected chi connectivity index (χ1v) is 6.96. The van der Waals surface area contributed by atoms with Crippen molar-refractivity contribution in [2.75, 3.05) is 23.3 Å². The van der Waals surface area contributed by atoms with Gasteiger partial charge in [-0.25, -0.2) is 9.97 Å². The lowest BCUT2D eigenvalue weighted by molar-refractivity contribution is -0.383. The van der Waals surface area contributed by atoms with Crippen molar-refractivity contribution < 1.29 is 4.92 Å². The molecule has 0 amide bonds. The maximum atomic E-state index is 11.5. The van der Waals surface area contributed by atoms with Gasteiger partial charge in [0.2, 0.25) is 11.6 Å². The molecular weight excluding hydrogens is 334 g/mol. The molecule has 1 aromatic carbocycles. The number of hydrogen-bond acceptors (Lipinski definition) is 8. The van der Waals surface area contributed by atoms with Crippen LogP contribution in [0.2, 0.25) is 5.02 Å². The standard InChI is InChI=1S/C14H10ClN7O2/c15-10-3-1-2-4-11(10)20-13-12(22(23)24)14(19-9-18-13)21(7-5-16)8-6-17/h1-4,9H,7-8H2,(H,18,19,20). The zero-order valence-electron chi connectivity index (χ0n) is 12.2. The zero-order chi connectivity index (χ0) is 17.5. The van der Waals surface area contributed by atoms with Gasteiger partial charge in [-0.05, 0) is 12.1 Å². The van der Waals surface area contributed by atoms with Gasteiger partial charge in [0.15, 0.2) is 0 Å². The summed E-state index contributed by atoms with van der Waals surface area (Å²) in [5.74, 6) is -0.202. The van der Waals surface area contributed by atoms with Gasteiger partial charge in [0.05, 0.1) is 27.8 Å². The normalized spacial score (nSPS) is 9.62. The van der Waals surface area contributed by atoms with Crippen LogP contribution >= 0.6 is 11.6 Å². The third kappa shape index (κ3) is 3.66. The smallest absolute Gasteiger partial charge is 0.333 e. The molecule has 1 N–H and O–H groups in total. The average molecular weight is 344 g/mol. The number of para-hydroxylation sites is 1. The molecule has 9 nitrogen and oxygen atoms in total. The summed E-state index contributed by atoms with van der Waals surface area (Å²) in [5, 5.41) is 32.3. The minimum Gasteiger partial charge on any atom is -0.333 e. The molecule has 10 heteroatoms. The van der Waals surface area contributed by atoms with E-state index in [1.54, 1.807) is 24.3 Å². The van der Waals surface area contributed by atoms with Crippen LogP contribution in [-0.2, 0) is 0 Å². The monoisotopic (exact) mass is 343 g/mol. The molecule has 0 aliphatic heterocycles. The van der Waals surface area contributed by atoms with Gasteiger partial charge in [0, 0.05) is 0 Å². The summed E-state index contributed by atoms with van der Waals surface area (Å²) in [5.41, 5.74) is -0.0121. The Balaban J connectivity index is 2.52. The third-order valence-electron chi connectivity index (χ3n) is 2.94. The highest BCUT2D eigenvalue weighted by atomic mass is 35.5. The molecule has 0 unspecified atom stereocenters. The van der Waals surface area contributed by atoms with Crippen molar-refractivity contribution in [1.82, 2.24) is 9.97 Å². The molecule has 120 valence electrons. The molecule has 0 aliphatic rings. The van der Waals surface area contributed by atoms with E-state index in [9.17, 15) is 10.1 Å². The van der Waals surface area contributed by atoms with Gasteiger partial charge in [-0.1, -0.05) is 23.7 Å². The number of rotatable bonds is 6. The van der Waals surface area contributed by atoms with Crippen LogP contribution in [-0.4, -0.2) is 28.0 Å². The van der Waals surface area contributed by atoms with Gasteiger partial charge in [-0.3, -0.25) is 10.1 Å². The van der Waals surface area contributed by atoms with Crippen molar-refractivity contribution in [3.05, 3.63) is 45.7 Å². The van der Waals surface area contributed by atoms with Gasteiger partial charge in [0.1, 0.15) is 19.4 Å². The van der Waals surface area contributed by atoms with Crippen LogP contribution in [0.3, 0.4) is 0 Å². The Bertz CT molecular complexity index is 828. The molecule has 0 fully saturated rings. The Kier molecular flexibility index (Phi) is 5.45. The second-order valence-electron chi connectivity index (χ2n) is 4.43. The lowest BCUT2D eigenvalue weighted by Gasteiger charge is -2.17. The quantitative estimate of drug-likeness (QED) is 0.481. The van der Waals surface area contributed by atoms with Gasteiger partial charge in [-0.2, -0.15) is 10.5 Å². The van der Waals surface area contributed by atoms with Crippen LogP contribution in [0.4, 0.5) is 23.0 Å². The summed E-state index contributed by atoms with van der Waals surface area (Å²) >= 11 is 6.04. The fourth-order valence-electron chi connectivity index (χ4n) is 1.93. The number of nitro groups is 1. The number of anilines is 3. The van der Waals surface area contributed by atoms with Crippen molar-refractivity contribution >= 4 is 34.6 Å². The Hall–Kier alpha value is -3.43. The maximum absolute atomic E-state index is 11.5. The molecule has 2 rings (SSSR count). The van der Waals surface area contributed by atoms with E-state index in [2.05, 4.69) is 15.3 Å². The third-order valence-corrected chi connectivity index (χ3v) is 3.26. The number of halogens is 1.